The molecule has 2 saturated heterocycles. The van der Waals surface area contributed by atoms with Gasteiger partial charge in [0, 0.05) is 23.9 Å². The van der Waals surface area contributed by atoms with Crippen molar-refractivity contribution in [2.45, 2.75) is 49.6 Å². The summed E-state index contributed by atoms with van der Waals surface area (Å²) in [4.78, 5) is 17.6. The van der Waals surface area contributed by atoms with Crippen molar-refractivity contribution in [3.8, 4) is 5.69 Å². The van der Waals surface area contributed by atoms with Crippen LogP contribution >= 0.6 is 11.8 Å². The van der Waals surface area contributed by atoms with E-state index in [2.05, 4.69) is 63.2 Å². The van der Waals surface area contributed by atoms with Gasteiger partial charge in [0.2, 0.25) is 5.91 Å². The van der Waals surface area contributed by atoms with Crippen molar-refractivity contribution >= 4 is 34.3 Å². The van der Waals surface area contributed by atoms with Crippen molar-refractivity contribution in [1.29, 1.82) is 0 Å². The van der Waals surface area contributed by atoms with Gasteiger partial charge in [0.05, 0.1) is 28.5 Å². The first-order valence-corrected chi connectivity index (χ1v) is 14.4. The molecular formula is C29H36N6OS. The Kier molecular flexibility index (Phi) is 6.73. The third-order valence-electron chi connectivity index (χ3n) is 8.05. The van der Waals surface area contributed by atoms with Crippen LogP contribution in [0.15, 0.2) is 60.1 Å². The first-order chi connectivity index (χ1) is 18.0. The summed E-state index contributed by atoms with van der Waals surface area (Å²) in [7, 11) is 2.19. The SMILES string of the molecule is CC(=O)NC1(c2ccc3c(cnn3-c3ccccc3)c2NC2CCN(C)CC2)C=CSC1N1CCCC1. The highest BCUT2D eigenvalue weighted by Gasteiger charge is 2.48. The molecule has 6 rings (SSSR count). The fraction of sp³-hybridized carbons (Fsp3) is 0.448. The largest absolute Gasteiger partial charge is 0.381 e. The van der Waals surface area contributed by atoms with Gasteiger partial charge in [-0.25, -0.2) is 4.68 Å². The van der Waals surface area contributed by atoms with Crippen molar-refractivity contribution < 1.29 is 4.79 Å². The summed E-state index contributed by atoms with van der Waals surface area (Å²) in [6.07, 6.45) is 8.79. The van der Waals surface area contributed by atoms with Crippen LogP contribution in [0.5, 0.6) is 0 Å². The van der Waals surface area contributed by atoms with Crippen LogP contribution in [0, 0.1) is 0 Å². The van der Waals surface area contributed by atoms with E-state index in [0.29, 0.717) is 6.04 Å². The minimum absolute atomic E-state index is 0.0123. The molecule has 4 heterocycles. The van der Waals surface area contributed by atoms with Crippen molar-refractivity contribution in [3.63, 3.8) is 0 Å². The summed E-state index contributed by atoms with van der Waals surface area (Å²) in [5.74, 6) is -0.0123. The number of fused-ring (bicyclic) bond motifs is 1. The van der Waals surface area contributed by atoms with Crippen molar-refractivity contribution in [2.75, 3.05) is 38.5 Å². The van der Waals surface area contributed by atoms with Crippen LogP contribution in [0.1, 0.15) is 38.2 Å². The van der Waals surface area contributed by atoms with Gasteiger partial charge in [-0.05, 0) is 88.6 Å². The standard InChI is InChI=1S/C29H36N6OS/c1-21(36)32-29(14-19-37-28(29)34-15-6-7-16-34)25-10-11-26-24(20-30-35(26)23-8-4-3-5-9-23)27(25)31-22-12-17-33(2)18-13-22/h3-5,8-11,14,19-20,22,28,31H,6-7,12-13,15-18H2,1-2H3,(H,32,36). The molecule has 0 radical (unpaired) electrons. The fourth-order valence-corrected chi connectivity index (χ4v) is 7.48. The molecule has 2 N–H and O–H groups in total. The average molecular weight is 517 g/mol. The molecule has 1 aromatic heterocycles. The molecule has 8 heteroatoms. The molecule has 3 aromatic rings. The third kappa shape index (κ3) is 4.56. The van der Waals surface area contributed by atoms with Gasteiger partial charge < -0.3 is 15.5 Å². The average Bonchev–Trinajstić information content (AvgIpc) is 3.66. The number of aromatic nitrogens is 2. The monoisotopic (exact) mass is 516 g/mol. The lowest BCUT2D eigenvalue weighted by Crippen LogP contribution is -2.55. The van der Waals surface area contributed by atoms with Gasteiger partial charge in [-0.1, -0.05) is 24.3 Å². The highest BCUT2D eigenvalue weighted by atomic mass is 32.2. The number of amides is 1. The number of hydrogen-bond acceptors (Lipinski definition) is 6. The first-order valence-electron chi connectivity index (χ1n) is 13.4. The lowest BCUT2D eigenvalue weighted by molar-refractivity contribution is -0.120. The van der Waals surface area contributed by atoms with E-state index in [-0.39, 0.29) is 11.3 Å². The Morgan fingerprint density at radius 1 is 1.05 bits per heavy atom. The van der Waals surface area contributed by atoms with Crippen LogP contribution in [-0.2, 0) is 10.3 Å². The van der Waals surface area contributed by atoms with Gasteiger partial charge in [0.1, 0.15) is 5.54 Å². The topological polar surface area (TPSA) is 65.4 Å². The number of likely N-dealkylation sites (tertiary alicyclic amines) is 2. The molecule has 0 saturated carbocycles. The number of nitrogens with one attached hydrogen (secondary N) is 2. The highest BCUT2D eigenvalue weighted by Crippen LogP contribution is 2.48. The van der Waals surface area contributed by atoms with Crippen LogP contribution in [0.4, 0.5) is 5.69 Å². The molecule has 2 unspecified atom stereocenters. The summed E-state index contributed by atoms with van der Waals surface area (Å²) >= 11 is 1.82. The second-order valence-electron chi connectivity index (χ2n) is 10.6. The predicted octanol–water partition coefficient (Wildman–Crippen LogP) is 4.55. The molecule has 3 aliphatic heterocycles. The minimum Gasteiger partial charge on any atom is -0.381 e. The van der Waals surface area contributed by atoms with E-state index in [0.717, 1.165) is 66.9 Å². The van der Waals surface area contributed by atoms with Crippen LogP contribution < -0.4 is 10.6 Å². The van der Waals surface area contributed by atoms with Crippen molar-refractivity contribution in [3.05, 3.63) is 65.7 Å². The number of nitrogens with zero attached hydrogens (tertiary/aromatic N) is 4. The molecular weight excluding hydrogens is 480 g/mol. The van der Waals surface area contributed by atoms with E-state index in [1.54, 1.807) is 6.92 Å². The maximum atomic E-state index is 12.7. The van der Waals surface area contributed by atoms with Crippen LogP contribution in [-0.4, -0.2) is 70.1 Å². The van der Waals surface area contributed by atoms with Gasteiger partial charge in [0.15, 0.2) is 0 Å². The van der Waals surface area contributed by atoms with Crippen LogP contribution in [0.25, 0.3) is 16.6 Å². The van der Waals surface area contributed by atoms with Crippen molar-refractivity contribution in [2.24, 2.45) is 0 Å². The quantitative estimate of drug-likeness (QED) is 0.501. The maximum absolute atomic E-state index is 12.7. The number of carbonyl (C=O) groups is 1. The van der Waals surface area contributed by atoms with Crippen LogP contribution in [0.3, 0.4) is 0 Å². The highest BCUT2D eigenvalue weighted by molar-refractivity contribution is 8.03. The first kappa shape index (κ1) is 24.5. The summed E-state index contributed by atoms with van der Waals surface area (Å²) in [6.45, 7) is 5.92. The van der Waals surface area contributed by atoms with E-state index in [1.165, 1.54) is 12.8 Å². The van der Waals surface area contributed by atoms with Gasteiger partial charge in [-0.15, -0.1) is 11.8 Å². The zero-order chi connectivity index (χ0) is 25.4. The Bertz CT molecular complexity index is 1290. The Morgan fingerprint density at radius 2 is 1.81 bits per heavy atom. The number of carbonyl (C=O) groups excluding carboxylic acids is 1. The number of benzene rings is 2. The maximum Gasteiger partial charge on any atom is 0.217 e. The Balaban J connectivity index is 1.51. The molecule has 1 amide bonds. The summed E-state index contributed by atoms with van der Waals surface area (Å²) in [5, 5.41) is 15.6. The third-order valence-corrected chi connectivity index (χ3v) is 9.27. The van der Waals surface area contributed by atoms with Gasteiger partial charge in [0.25, 0.3) is 0 Å². The molecule has 2 aromatic carbocycles. The Labute approximate surface area is 223 Å². The number of hydrogen-bond donors (Lipinski definition) is 2. The molecule has 194 valence electrons. The summed E-state index contributed by atoms with van der Waals surface area (Å²) in [6, 6.07) is 15.1. The molecule has 2 atom stereocenters. The number of anilines is 1. The predicted molar refractivity (Wildman–Crippen MR) is 152 cm³/mol. The van der Waals surface area contributed by atoms with E-state index in [9.17, 15) is 4.79 Å². The second-order valence-corrected chi connectivity index (χ2v) is 11.6. The Morgan fingerprint density at radius 3 is 2.54 bits per heavy atom. The zero-order valence-corrected chi connectivity index (χ0v) is 22.5. The Hall–Kier alpha value is -2.81. The van der Waals surface area contributed by atoms with Crippen LogP contribution in [0.2, 0.25) is 0 Å². The molecule has 3 aliphatic rings. The lowest BCUT2D eigenvalue weighted by Gasteiger charge is -2.41. The number of thioether (sulfide) groups is 1. The summed E-state index contributed by atoms with van der Waals surface area (Å²) < 4.78 is 2.02. The molecule has 0 aliphatic carbocycles. The lowest BCUT2D eigenvalue weighted by atomic mass is 9.85. The van der Waals surface area contributed by atoms with Gasteiger partial charge in [-0.3, -0.25) is 9.69 Å². The van der Waals surface area contributed by atoms with Gasteiger partial charge in [-0.2, -0.15) is 5.10 Å². The van der Waals surface area contributed by atoms with E-state index in [1.807, 2.05) is 40.8 Å². The van der Waals surface area contributed by atoms with E-state index in [4.69, 9.17) is 5.10 Å². The molecule has 7 nitrogen and oxygen atoms in total. The van der Waals surface area contributed by atoms with Crippen molar-refractivity contribution in [1.82, 2.24) is 24.9 Å². The summed E-state index contributed by atoms with van der Waals surface area (Å²) in [5.41, 5.74) is 3.71. The second kappa shape index (κ2) is 10.2. The fourth-order valence-electron chi connectivity index (χ4n) is 6.18. The molecule has 0 spiro atoms. The number of piperidine rings is 1. The van der Waals surface area contributed by atoms with E-state index < -0.39 is 5.54 Å². The number of para-hydroxylation sites is 1. The normalized spacial score (nSPS) is 25.2. The molecule has 0 bridgehead atoms. The van der Waals surface area contributed by atoms with E-state index >= 15 is 0 Å². The number of rotatable bonds is 6. The van der Waals surface area contributed by atoms with Gasteiger partial charge >= 0.3 is 0 Å². The molecule has 2 fully saturated rings. The smallest absolute Gasteiger partial charge is 0.217 e. The minimum atomic E-state index is -0.613. The zero-order valence-electron chi connectivity index (χ0n) is 21.7. The molecule has 37 heavy (non-hydrogen) atoms.